The normalized spacial score (nSPS) is 25.6. The molecule has 4 atom stereocenters. The molecule has 7 nitrogen and oxygen atoms in total. The number of carbonyl (C=O) groups excluding carboxylic acids is 2. The summed E-state index contributed by atoms with van der Waals surface area (Å²) < 4.78 is 17.1. The molecule has 0 bridgehead atoms. The van der Waals surface area contributed by atoms with Crippen molar-refractivity contribution in [1.29, 1.82) is 0 Å². The number of thiophene rings is 1. The van der Waals surface area contributed by atoms with E-state index >= 15 is 0 Å². The molecule has 2 fully saturated rings. The van der Waals surface area contributed by atoms with Gasteiger partial charge < -0.3 is 19.5 Å². The number of anilines is 1. The Balaban J connectivity index is 1.30. The standard InChI is InChI=1S/C21H24N2O5S/c1-12(2)13-5-7-14(8-6-13)22-21(25)28-16-11-27-18-15(10-26-19(16)18)23-20(24)17-4-3-9-29-17/h3-9,12,15-16,18-19H,10-11H2,1-2H3,(H,22,25)(H,23,24)/t15-,16+,18+,19+/m0/s1. The lowest BCUT2D eigenvalue weighted by Crippen LogP contribution is -2.44. The molecule has 29 heavy (non-hydrogen) atoms. The highest BCUT2D eigenvalue weighted by molar-refractivity contribution is 7.12. The first kappa shape index (κ1) is 19.9. The molecule has 0 saturated carbocycles. The van der Waals surface area contributed by atoms with Crippen LogP contribution in [0.25, 0.3) is 0 Å². The van der Waals surface area contributed by atoms with Crippen molar-refractivity contribution >= 4 is 29.0 Å². The first-order valence-electron chi connectivity index (χ1n) is 9.66. The molecule has 2 aromatic rings. The molecule has 2 aliphatic heterocycles. The third-order valence-electron chi connectivity index (χ3n) is 5.15. The maximum Gasteiger partial charge on any atom is 0.412 e. The molecule has 2 N–H and O–H groups in total. The van der Waals surface area contributed by atoms with Crippen LogP contribution in [0.4, 0.5) is 10.5 Å². The summed E-state index contributed by atoms with van der Waals surface area (Å²) in [7, 11) is 0. The van der Waals surface area contributed by atoms with Crippen LogP contribution < -0.4 is 10.6 Å². The fourth-order valence-electron chi connectivity index (χ4n) is 3.57. The van der Waals surface area contributed by atoms with Gasteiger partial charge in [0.15, 0.2) is 6.10 Å². The smallest absolute Gasteiger partial charge is 0.412 e. The van der Waals surface area contributed by atoms with Gasteiger partial charge in [0.25, 0.3) is 5.91 Å². The molecular weight excluding hydrogens is 392 g/mol. The van der Waals surface area contributed by atoms with Gasteiger partial charge in [-0.1, -0.05) is 32.0 Å². The Hall–Kier alpha value is -2.42. The van der Waals surface area contributed by atoms with E-state index in [-0.39, 0.29) is 24.7 Å². The van der Waals surface area contributed by atoms with Crippen molar-refractivity contribution in [2.24, 2.45) is 0 Å². The number of hydrogen-bond donors (Lipinski definition) is 2. The molecule has 2 amide bonds. The second-order valence-corrected chi connectivity index (χ2v) is 8.45. The molecule has 2 aliphatic rings. The summed E-state index contributed by atoms with van der Waals surface area (Å²) in [5.74, 6) is 0.279. The topological polar surface area (TPSA) is 85.9 Å². The van der Waals surface area contributed by atoms with E-state index in [2.05, 4.69) is 24.5 Å². The average molecular weight is 416 g/mol. The van der Waals surface area contributed by atoms with E-state index in [1.807, 2.05) is 35.7 Å². The summed E-state index contributed by atoms with van der Waals surface area (Å²) in [6, 6.07) is 11.0. The maximum absolute atomic E-state index is 12.3. The van der Waals surface area contributed by atoms with Gasteiger partial charge in [-0.05, 0) is 35.1 Å². The van der Waals surface area contributed by atoms with Crippen LogP contribution in [0.15, 0.2) is 41.8 Å². The Morgan fingerprint density at radius 2 is 1.86 bits per heavy atom. The van der Waals surface area contributed by atoms with E-state index in [1.54, 1.807) is 6.07 Å². The minimum atomic E-state index is -0.550. The van der Waals surface area contributed by atoms with Crippen LogP contribution >= 0.6 is 11.3 Å². The maximum atomic E-state index is 12.3. The lowest BCUT2D eigenvalue weighted by Gasteiger charge is -2.18. The van der Waals surface area contributed by atoms with Crippen LogP contribution in [0.2, 0.25) is 0 Å². The van der Waals surface area contributed by atoms with Crippen LogP contribution in [0.3, 0.4) is 0 Å². The Kier molecular flexibility index (Phi) is 5.84. The number of rotatable bonds is 5. The molecule has 0 radical (unpaired) electrons. The summed E-state index contributed by atoms with van der Waals surface area (Å²) in [5.41, 5.74) is 1.87. The lowest BCUT2D eigenvalue weighted by molar-refractivity contribution is 0.00862. The molecule has 154 valence electrons. The summed E-state index contributed by atoms with van der Waals surface area (Å²) in [4.78, 5) is 25.2. The van der Waals surface area contributed by atoms with Crippen LogP contribution in [0.1, 0.15) is 35.0 Å². The van der Waals surface area contributed by atoms with Crippen LogP contribution in [-0.4, -0.2) is 49.6 Å². The Bertz CT molecular complexity index is 852. The van der Waals surface area contributed by atoms with Gasteiger partial charge in [-0.2, -0.15) is 0 Å². The van der Waals surface area contributed by atoms with Crippen molar-refractivity contribution in [3.63, 3.8) is 0 Å². The fourth-order valence-corrected chi connectivity index (χ4v) is 4.20. The number of amides is 2. The molecule has 8 heteroatoms. The average Bonchev–Trinajstić information content (AvgIpc) is 3.42. The van der Waals surface area contributed by atoms with Crippen molar-refractivity contribution in [3.8, 4) is 0 Å². The highest BCUT2D eigenvalue weighted by atomic mass is 32.1. The second-order valence-electron chi connectivity index (χ2n) is 7.50. The van der Waals surface area contributed by atoms with Gasteiger partial charge >= 0.3 is 6.09 Å². The van der Waals surface area contributed by atoms with Crippen LogP contribution in [0.5, 0.6) is 0 Å². The monoisotopic (exact) mass is 416 g/mol. The second kappa shape index (κ2) is 8.52. The molecule has 3 heterocycles. The molecular formula is C21H24N2O5S. The molecule has 0 aliphatic carbocycles. The molecule has 4 rings (SSSR count). The lowest BCUT2D eigenvalue weighted by atomic mass is 10.0. The number of ether oxygens (including phenoxy) is 3. The van der Waals surface area contributed by atoms with E-state index in [0.717, 1.165) is 0 Å². The molecule has 0 spiro atoms. The summed E-state index contributed by atoms with van der Waals surface area (Å²) in [6.07, 6.45) is -1.79. The Morgan fingerprint density at radius 1 is 1.10 bits per heavy atom. The van der Waals surface area contributed by atoms with Gasteiger partial charge in [0.1, 0.15) is 12.2 Å². The highest BCUT2D eigenvalue weighted by Crippen LogP contribution is 2.29. The Labute approximate surface area is 173 Å². The number of fused-ring (bicyclic) bond motifs is 1. The van der Waals surface area contributed by atoms with E-state index < -0.39 is 18.3 Å². The third-order valence-corrected chi connectivity index (χ3v) is 6.02. The van der Waals surface area contributed by atoms with Gasteiger partial charge in [-0.15, -0.1) is 11.3 Å². The quantitative estimate of drug-likeness (QED) is 0.780. The van der Waals surface area contributed by atoms with Crippen LogP contribution in [0, 0.1) is 0 Å². The summed E-state index contributed by atoms with van der Waals surface area (Å²) >= 11 is 1.38. The molecule has 1 aromatic carbocycles. The van der Waals surface area contributed by atoms with Gasteiger partial charge in [0.05, 0.1) is 24.1 Å². The number of nitrogens with one attached hydrogen (secondary N) is 2. The van der Waals surface area contributed by atoms with Crippen molar-refractivity contribution in [1.82, 2.24) is 5.32 Å². The number of carbonyl (C=O) groups is 2. The highest BCUT2D eigenvalue weighted by Gasteiger charge is 2.50. The third kappa shape index (κ3) is 4.44. The van der Waals surface area contributed by atoms with E-state index in [0.29, 0.717) is 23.1 Å². The number of hydrogen-bond acceptors (Lipinski definition) is 6. The predicted octanol–water partition coefficient (Wildman–Crippen LogP) is 3.38. The zero-order valence-electron chi connectivity index (χ0n) is 16.3. The fraction of sp³-hybridized carbons (Fsp3) is 0.429. The zero-order chi connectivity index (χ0) is 20.4. The van der Waals surface area contributed by atoms with E-state index in [4.69, 9.17) is 14.2 Å². The summed E-state index contributed by atoms with van der Waals surface area (Å²) in [6.45, 7) is 4.79. The van der Waals surface area contributed by atoms with Crippen molar-refractivity contribution < 1.29 is 23.8 Å². The van der Waals surface area contributed by atoms with Crippen molar-refractivity contribution in [2.75, 3.05) is 18.5 Å². The van der Waals surface area contributed by atoms with E-state index in [1.165, 1.54) is 16.9 Å². The van der Waals surface area contributed by atoms with Gasteiger partial charge in [-0.3, -0.25) is 10.1 Å². The SMILES string of the molecule is CC(C)c1ccc(NC(=O)O[C@@H]2CO[C@H]3[C@@H]2OC[C@@H]3NC(=O)c2cccs2)cc1. The first-order valence-corrected chi connectivity index (χ1v) is 10.5. The van der Waals surface area contributed by atoms with Crippen molar-refractivity contribution in [2.45, 2.75) is 44.1 Å². The minimum Gasteiger partial charge on any atom is -0.441 e. The van der Waals surface area contributed by atoms with Gasteiger partial charge in [-0.25, -0.2) is 4.79 Å². The summed E-state index contributed by atoms with van der Waals surface area (Å²) in [5, 5.41) is 7.54. The van der Waals surface area contributed by atoms with Crippen LogP contribution in [-0.2, 0) is 14.2 Å². The molecule has 1 aromatic heterocycles. The van der Waals surface area contributed by atoms with Crippen molar-refractivity contribution in [3.05, 3.63) is 52.2 Å². The zero-order valence-corrected chi connectivity index (χ0v) is 17.1. The molecule has 2 saturated heterocycles. The van der Waals surface area contributed by atoms with Gasteiger partial charge in [0.2, 0.25) is 0 Å². The number of benzene rings is 1. The molecule has 0 unspecified atom stereocenters. The predicted molar refractivity (Wildman–Crippen MR) is 109 cm³/mol. The first-order chi connectivity index (χ1) is 14.0. The Morgan fingerprint density at radius 3 is 2.55 bits per heavy atom. The largest absolute Gasteiger partial charge is 0.441 e. The minimum absolute atomic E-state index is 0.148. The van der Waals surface area contributed by atoms with E-state index in [9.17, 15) is 9.59 Å². The van der Waals surface area contributed by atoms with Gasteiger partial charge in [0, 0.05) is 5.69 Å².